The number of rotatable bonds is 15. The molecule has 1 aliphatic heterocycles. The van der Waals surface area contributed by atoms with Gasteiger partial charge in [-0.05, 0) is 50.3 Å². The molecule has 3 aromatic rings. The van der Waals surface area contributed by atoms with Gasteiger partial charge in [0.1, 0.15) is 36.8 Å². The van der Waals surface area contributed by atoms with E-state index in [-0.39, 0.29) is 37.2 Å². The number of hydrogen-bond acceptors (Lipinski definition) is 11. The molecule has 0 unspecified atom stereocenters. The molecule has 1 aliphatic carbocycles. The van der Waals surface area contributed by atoms with Crippen molar-refractivity contribution in [2.75, 3.05) is 58.0 Å². The molecular formula is C32H40F3N9O4. The molecule has 3 N–H and O–H groups in total. The zero-order chi connectivity index (χ0) is 33.9. The van der Waals surface area contributed by atoms with E-state index in [2.05, 4.69) is 36.7 Å². The third-order valence-electron chi connectivity index (χ3n) is 8.20. The molecule has 3 heterocycles. The van der Waals surface area contributed by atoms with Crippen molar-refractivity contribution in [2.45, 2.75) is 57.0 Å². The van der Waals surface area contributed by atoms with Gasteiger partial charge in [-0.3, -0.25) is 15.0 Å². The van der Waals surface area contributed by atoms with Crippen molar-refractivity contribution in [3.05, 3.63) is 42.4 Å². The molecule has 48 heavy (non-hydrogen) atoms. The van der Waals surface area contributed by atoms with Gasteiger partial charge in [-0.2, -0.15) is 18.4 Å². The lowest BCUT2D eigenvalue weighted by molar-refractivity contribution is -0.175. The molecule has 0 spiro atoms. The summed E-state index contributed by atoms with van der Waals surface area (Å²) in [4.78, 5) is 11.4. The summed E-state index contributed by atoms with van der Waals surface area (Å²) in [6, 6.07) is 7.98. The Kier molecular flexibility index (Phi) is 12.0. The van der Waals surface area contributed by atoms with Crippen LogP contribution in [0.5, 0.6) is 11.6 Å². The first-order valence-electron chi connectivity index (χ1n) is 15.9. The van der Waals surface area contributed by atoms with Gasteiger partial charge in [0.15, 0.2) is 0 Å². The minimum Gasteiger partial charge on any atom is -0.487 e. The number of aromatic nitrogens is 4. The average Bonchev–Trinajstić information content (AvgIpc) is 3.49. The Bertz CT molecular complexity index is 1520. The maximum Gasteiger partial charge on any atom is 0.411 e. The summed E-state index contributed by atoms with van der Waals surface area (Å²) in [5.41, 5.74) is 2.29. The largest absolute Gasteiger partial charge is 0.487 e. The van der Waals surface area contributed by atoms with Gasteiger partial charge in [-0.1, -0.05) is 6.07 Å². The van der Waals surface area contributed by atoms with Crippen LogP contribution in [-0.2, 0) is 9.47 Å². The van der Waals surface area contributed by atoms with Crippen LogP contribution in [0.15, 0.2) is 36.8 Å². The Balaban J connectivity index is 1.27. The van der Waals surface area contributed by atoms with Crippen molar-refractivity contribution in [2.24, 2.45) is 0 Å². The minimum absolute atomic E-state index is 0.121. The molecule has 258 valence electrons. The number of nitriles is 1. The smallest absolute Gasteiger partial charge is 0.411 e. The molecule has 1 aromatic carbocycles. The maximum atomic E-state index is 12.5. The van der Waals surface area contributed by atoms with E-state index in [0.29, 0.717) is 35.2 Å². The first kappa shape index (κ1) is 34.9. The van der Waals surface area contributed by atoms with Crippen LogP contribution in [-0.4, -0.2) is 102 Å². The van der Waals surface area contributed by atoms with Gasteiger partial charge in [0.25, 0.3) is 5.88 Å². The Morgan fingerprint density at radius 1 is 1.10 bits per heavy atom. The van der Waals surface area contributed by atoms with E-state index in [1.807, 2.05) is 17.8 Å². The summed E-state index contributed by atoms with van der Waals surface area (Å²) in [5, 5.41) is 27.3. The Morgan fingerprint density at radius 2 is 1.83 bits per heavy atom. The van der Waals surface area contributed by atoms with Gasteiger partial charge in [-0.25, -0.2) is 9.97 Å². The number of nitrogens with one attached hydrogen (secondary N) is 3. The van der Waals surface area contributed by atoms with E-state index in [0.717, 1.165) is 63.9 Å². The first-order valence-corrected chi connectivity index (χ1v) is 15.9. The molecule has 13 nitrogen and oxygen atoms in total. The van der Waals surface area contributed by atoms with Crippen molar-refractivity contribution in [1.29, 1.82) is 10.7 Å². The normalized spacial score (nSPS) is 19.2. The molecule has 5 rings (SSSR count). The molecule has 0 radical (unpaired) electrons. The Hall–Kier alpha value is -4.46. The summed E-state index contributed by atoms with van der Waals surface area (Å²) in [6.45, 7) is 3.93. The van der Waals surface area contributed by atoms with Gasteiger partial charge in [-0.15, -0.1) is 5.10 Å². The SMILES string of the molecule is C[C@@H](CNC=N)Oc1cc(-c2cnc(Nc3cn([C@H]4CC[C@H](N5CCOCC5)CC4)nc3OCCOCC(F)(F)F)nc2)ccc1C#N. The van der Waals surface area contributed by atoms with Gasteiger partial charge in [0, 0.05) is 37.1 Å². The average molecular weight is 672 g/mol. The lowest BCUT2D eigenvalue weighted by Gasteiger charge is -2.38. The van der Waals surface area contributed by atoms with Crippen LogP contribution in [0.2, 0.25) is 0 Å². The fourth-order valence-electron chi connectivity index (χ4n) is 5.81. The number of hydrogen-bond donors (Lipinski definition) is 3. The van der Waals surface area contributed by atoms with Crippen LogP contribution in [0.4, 0.5) is 24.8 Å². The highest BCUT2D eigenvalue weighted by atomic mass is 19.4. The van der Waals surface area contributed by atoms with E-state index in [1.165, 1.54) is 0 Å². The van der Waals surface area contributed by atoms with Crippen LogP contribution in [0.25, 0.3) is 11.1 Å². The molecule has 0 amide bonds. The van der Waals surface area contributed by atoms with Crippen molar-refractivity contribution in [3.63, 3.8) is 0 Å². The van der Waals surface area contributed by atoms with Crippen molar-refractivity contribution in [1.82, 2.24) is 30.0 Å². The van der Waals surface area contributed by atoms with Gasteiger partial charge in [0.2, 0.25) is 5.95 Å². The van der Waals surface area contributed by atoms with E-state index < -0.39 is 12.8 Å². The van der Waals surface area contributed by atoms with Crippen molar-refractivity contribution in [3.8, 4) is 28.8 Å². The second-order valence-electron chi connectivity index (χ2n) is 11.7. The van der Waals surface area contributed by atoms with Crippen LogP contribution >= 0.6 is 0 Å². The van der Waals surface area contributed by atoms with Crippen molar-refractivity contribution >= 4 is 18.0 Å². The highest BCUT2D eigenvalue weighted by Crippen LogP contribution is 2.35. The Labute approximate surface area is 276 Å². The third kappa shape index (κ3) is 9.78. The fraction of sp³-hybridized carbons (Fsp3) is 0.531. The molecule has 2 aromatic heterocycles. The number of benzene rings is 1. The fourth-order valence-corrected chi connectivity index (χ4v) is 5.81. The topological polar surface area (TPSA) is 155 Å². The van der Waals surface area contributed by atoms with Gasteiger partial charge in [0.05, 0.1) is 50.5 Å². The van der Waals surface area contributed by atoms with Crippen LogP contribution in [0, 0.1) is 16.7 Å². The van der Waals surface area contributed by atoms with E-state index in [4.69, 9.17) is 24.4 Å². The maximum absolute atomic E-state index is 12.5. The molecule has 0 bridgehead atoms. The van der Waals surface area contributed by atoms with Crippen LogP contribution < -0.4 is 20.1 Å². The molecule has 1 atom stereocenters. The van der Waals surface area contributed by atoms with E-state index in [9.17, 15) is 18.4 Å². The number of anilines is 2. The second-order valence-corrected chi connectivity index (χ2v) is 11.7. The molecule has 2 aliphatic rings. The third-order valence-corrected chi connectivity index (χ3v) is 8.20. The van der Waals surface area contributed by atoms with Crippen LogP contribution in [0.1, 0.15) is 44.2 Å². The number of nitrogens with zero attached hydrogens (tertiary/aromatic N) is 6. The molecule has 1 saturated heterocycles. The molecule has 1 saturated carbocycles. The predicted molar refractivity (Wildman–Crippen MR) is 171 cm³/mol. The second kappa shape index (κ2) is 16.6. The summed E-state index contributed by atoms with van der Waals surface area (Å²) in [5.74, 6) is 0.891. The first-order chi connectivity index (χ1) is 23.2. The minimum atomic E-state index is -4.42. The summed E-state index contributed by atoms with van der Waals surface area (Å²) < 4.78 is 61.3. The molecule has 16 heteroatoms. The number of alkyl halides is 3. The molecule has 2 fully saturated rings. The highest BCUT2D eigenvalue weighted by molar-refractivity contribution is 5.67. The quantitative estimate of drug-likeness (QED) is 0.117. The van der Waals surface area contributed by atoms with E-state index >= 15 is 0 Å². The van der Waals surface area contributed by atoms with Gasteiger partial charge >= 0.3 is 6.18 Å². The standard InChI is InChI=1S/C32H40F3N9O4/c1-22(16-38-21-37)48-29-14-23(2-3-24(29)15-36)25-17-39-31(40-18-25)41-28-19-44(42-30(28)47-13-12-46-20-32(33,34)35)27-6-4-26(5-7-27)43-8-10-45-11-9-43/h2-3,14,17-19,21-22,26-27H,4-13,16,20H2,1H3,(H2,37,38)(H,39,40,41)/t22-,26-,27-/m0/s1. The van der Waals surface area contributed by atoms with E-state index in [1.54, 1.807) is 30.6 Å². The lowest BCUT2D eigenvalue weighted by Crippen LogP contribution is -2.45. The van der Waals surface area contributed by atoms with Gasteiger partial charge < -0.3 is 29.6 Å². The lowest BCUT2D eigenvalue weighted by atomic mass is 9.90. The summed E-state index contributed by atoms with van der Waals surface area (Å²) in [7, 11) is 0. The zero-order valence-corrected chi connectivity index (χ0v) is 26.7. The van der Waals surface area contributed by atoms with Crippen LogP contribution in [0.3, 0.4) is 0 Å². The number of ether oxygens (including phenoxy) is 4. The van der Waals surface area contributed by atoms with Crippen molar-refractivity contribution < 1.29 is 32.1 Å². The highest BCUT2D eigenvalue weighted by Gasteiger charge is 2.29. The summed E-state index contributed by atoms with van der Waals surface area (Å²) in [6.07, 6.45) is 5.37. The Morgan fingerprint density at radius 3 is 2.52 bits per heavy atom. The predicted octanol–water partition coefficient (Wildman–Crippen LogP) is 4.69. The number of halogens is 3. The molecular weight excluding hydrogens is 631 g/mol. The number of morpholine rings is 1. The zero-order valence-electron chi connectivity index (χ0n) is 26.7. The monoisotopic (exact) mass is 671 g/mol. The summed E-state index contributed by atoms with van der Waals surface area (Å²) >= 11 is 0.